The molecule has 1 heterocycles. The molecule has 0 aromatic rings. The highest BCUT2D eigenvalue weighted by Crippen LogP contribution is 2.17. The maximum absolute atomic E-state index is 11.4. The maximum atomic E-state index is 11.4. The Bertz CT molecular complexity index is 421. The van der Waals surface area contributed by atoms with E-state index in [-0.39, 0.29) is 5.92 Å². The zero-order chi connectivity index (χ0) is 15.7. The van der Waals surface area contributed by atoms with Crippen LogP contribution >= 0.6 is 0 Å². The van der Waals surface area contributed by atoms with Crippen LogP contribution < -0.4 is 10.6 Å². The van der Waals surface area contributed by atoms with Crippen LogP contribution in [0.3, 0.4) is 0 Å². The Morgan fingerprint density at radius 2 is 2.14 bits per heavy atom. The van der Waals surface area contributed by atoms with E-state index in [1.807, 2.05) is 0 Å². The van der Waals surface area contributed by atoms with Crippen molar-refractivity contribution >= 4 is 15.8 Å². The summed E-state index contributed by atoms with van der Waals surface area (Å²) < 4.78 is 28.3. The minimum atomic E-state index is -2.80. The van der Waals surface area contributed by atoms with E-state index >= 15 is 0 Å². The first kappa shape index (κ1) is 18.2. The molecule has 0 amide bonds. The summed E-state index contributed by atoms with van der Waals surface area (Å²) in [6, 6.07) is 0. The number of hydrogen-bond acceptors (Lipinski definition) is 4. The topological polar surface area (TPSA) is 79.8 Å². The summed E-state index contributed by atoms with van der Waals surface area (Å²) in [5.41, 5.74) is 0. The lowest BCUT2D eigenvalue weighted by Gasteiger charge is -2.14. The van der Waals surface area contributed by atoms with Gasteiger partial charge in [0.05, 0.1) is 11.5 Å². The fourth-order valence-corrected chi connectivity index (χ4v) is 4.06. The number of sulfone groups is 1. The number of nitrogens with zero attached hydrogens (tertiary/aromatic N) is 1. The fraction of sp³-hybridized carbons (Fsp3) is 0.929. The molecule has 0 aliphatic carbocycles. The highest BCUT2D eigenvalue weighted by molar-refractivity contribution is 7.91. The maximum Gasteiger partial charge on any atom is 0.190 e. The molecule has 0 aromatic heterocycles. The van der Waals surface area contributed by atoms with Crippen LogP contribution in [0.2, 0.25) is 0 Å². The highest BCUT2D eigenvalue weighted by atomic mass is 32.2. The van der Waals surface area contributed by atoms with Gasteiger partial charge in [0.2, 0.25) is 0 Å². The van der Waals surface area contributed by atoms with Crippen molar-refractivity contribution in [2.24, 2.45) is 16.8 Å². The van der Waals surface area contributed by atoms with E-state index in [1.165, 1.54) is 0 Å². The van der Waals surface area contributed by atoms with Crippen LogP contribution in [0, 0.1) is 11.8 Å². The van der Waals surface area contributed by atoms with Crippen molar-refractivity contribution in [3.8, 4) is 0 Å². The molecular formula is C14H29N3O3S. The number of nitrogens with one attached hydrogen (secondary N) is 2. The summed E-state index contributed by atoms with van der Waals surface area (Å²) in [5, 5.41) is 6.40. The molecule has 6 nitrogen and oxygen atoms in total. The van der Waals surface area contributed by atoms with Gasteiger partial charge >= 0.3 is 0 Å². The molecule has 21 heavy (non-hydrogen) atoms. The Balaban J connectivity index is 2.10. The molecule has 0 aromatic carbocycles. The second-order valence-corrected chi connectivity index (χ2v) is 8.20. The predicted octanol–water partition coefficient (Wildman–Crippen LogP) is 0.649. The van der Waals surface area contributed by atoms with Gasteiger partial charge in [-0.3, -0.25) is 4.99 Å². The van der Waals surface area contributed by atoms with E-state index in [4.69, 9.17) is 4.74 Å². The predicted molar refractivity (Wildman–Crippen MR) is 86.4 cm³/mol. The van der Waals surface area contributed by atoms with Gasteiger partial charge in [-0.15, -0.1) is 0 Å². The van der Waals surface area contributed by atoms with Crippen LogP contribution in [-0.4, -0.2) is 59.2 Å². The third kappa shape index (κ3) is 8.26. The van der Waals surface area contributed by atoms with Crippen molar-refractivity contribution in [1.82, 2.24) is 10.6 Å². The Kier molecular flexibility index (Phi) is 8.03. The molecule has 0 saturated carbocycles. The van der Waals surface area contributed by atoms with E-state index in [0.29, 0.717) is 24.0 Å². The standard InChI is InChI=1S/C14H29N3O3S/c1-12(2)10-20-7-4-6-16-14(15-3)17-9-13-5-8-21(18,19)11-13/h12-13H,4-11H2,1-3H3,(H2,15,16,17). The van der Waals surface area contributed by atoms with E-state index < -0.39 is 9.84 Å². The number of ether oxygens (including phenoxy) is 1. The monoisotopic (exact) mass is 319 g/mol. The molecule has 2 N–H and O–H groups in total. The minimum absolute atomic E-state index is 0.197. The van der Waals surface area contributed by atoms with Gasteiger partial charge in [-0.1, -0.05) is 13.8 Å². The van der Waals surface area contributed by atoms with Gasteiger partial charge in [0.1, 0.15) is 0 Å². The minimum Gasteiger partial charge on any atom is -0.381 e. The Morgan fingerprint density at radius 1 is 1.38 bits per heavy atom. The lowest BCUT2D eigenvalue weighted by molar-refractivity contribution is 0.108. The van der Waals surface area contributed by atoms with Crippen molar-refractivity contribution in [2.45, 2.75) is 26.7 Å². The summed E-state index contributed by atoms with van der Waals surface area (Å²) in [4.78, 5) is 4.14. The molecular weight excluding hydrogens is 290 g/mol. The normalized spacial score (nSPS) is 21.7. The summed E-state index contributed by atoms with van der Waals surface area (Å²) in [5.74, 6) is 2.10. The van der Waals surface area contributed by atoms with Gasteiger partial charge < -0.3 is 15.4 Å². The van der Waals surface area contributed by atoms with Crippen molar-refractivity contribution in [1.29, 1.82) is 0 Å². The van der Waals surface area contributed by atoms with E-state index in [2.05, 4.69) is 29.5 Å². The molecule has 1 saturated heterocycles. The van der Waals surface area contributed by atoms with Crippen molar-refractivity contribution in [3.63, 3.8) is 0 Å². The summed E-state index contributed by atoms with van der Waals surface area (Å²) in [7, 11) is -1.08. The van der Waals surface area contributed by atoms with E-state index in [9.17, 15) is 8.42 Å². The molecule has 1 rings (SSSR count). The Morgan fingerprint density at radius 3 is 2.71 bits per heavy atom. The van der Waals surface area contributed by atoms with Gasteiger partial charge in [0.15, 0.2) is 15.8 Å². The average molecular weight is 319 g/mol. The summed E-state index contributed by atoms with van der Waals surface area (Å²) >= 11 is 0. The number of guanidine groups is 1. The van der Waals surface area contributed by atoms with E-state index in [1.54, 1.807) is 7.05 Å². The molecule has 0 spiro atoms. The van der Waals surface area contributed by atoms with Crippen molar-refractivity contribution < 1.29 is 13.2 Å². The quantitative estimate of drug-likeness (QED) is 0.390. The second-order valence-electron chi connectivity index (χ2n) is 5.97. The van der Waals surface area contributed by atoms with Gasteiger partial charge in [-0.25, -0.2) is 8.42 Å². The van der Waals surface area contributed by atoms with Gasteiger partial charge in [0.25, 0.3) is 0 Å². The highest BCUT2D eigenvalue weighted by Gasteiger charge is 2.27. The smallest absolute Gasteiger partial charge is 0.190 e. The number of rotatable bonds is 8. The summed E-state index contributed by atoms with van der Waals surface area (Å²) in [6.45, 7) is 7.25. The summed E-state index contributed by atoms with van der Waals surface area (Å²) in [6.07, 6.45) is 1.67. The van der Waals surface area contributed by atoms with Crippen molar-refractivity contribution in [2.75, 3.05) is 44.9 Å². The average Bonchev–Trinajstić information content (AvgIpc) is 2.76. The molecule has 1 aliphatic rings. The largest absolute Gasteiger partial charge is 0.381 e. The molecule has 0 bridgehead atoms. The zero-order valence-corrected chi connectivity index (χ0v) is 14.2. The number of aliphatic imine (C=N–C) groups is 1. The molecule has 1 fully saturated rings. The lowest BCUT2D eigenvalue weighted by atomic mass is 10.1. The molecule has 1 aliphatic heterocycles. The fourth-order valence-electron chi connectivity index (χ4n) is 2.19. The molecule has 124 valence electrons. The Labute approximate surface area is 128 Å². The van der Waals surface area contributed by atoms with Crippen LogP contribution in [0.15, 0.2) is 4.99 Å². The third-order valence-corrected chi connectivity index (χ3v) is 5.15. The Hall–Kier alpha value is -0.820. The van der Waals surface area contributed by atoms with Gasteiger partial charge in [-0.2, -0.15) is 0 Å². The third-order valence-electron chi connectivity index (χ3n) is 3.32. The SMILES string of the molecule is CN=C(NCCCOCC(C)C)NCC1CCS(=O)(=O)C1. The van der Waals surface area contributed by atoms with Crippen LogP contribution in [0.5, 0.6) is 0 Å². The van der Waals surface area contributed by atoms with Crippen LogP contribution in [0.25, 0.3) is 0 Å². The van der Waals surface area contributed by atoms with Crippen molar-refractivity contribution in [3.05, 3.63) is 0 Å². The first-order chi connectivity index (χ1) is 9.93. The first-order valence-corrected chi connectivity index (χ1v) is 9.48. The van der Waals surface area contributed by atoms with Crippen LogP contribution in [-0.2, 0) is 14.6 Å². The second kappa shape index (κ2) is 9.25. The lowest BCUT2D eigenvalue weighted by Crippen LogP contribution is -2.40. The molecule has 0 radical (unpaired) electrons. The van der Waals surface area contributed by atoms with Crippen LogP contribution in [0.4, 0.5) is 0 Å². The van der Waals surface area contributed by atoms with E-state index in [0.717, 1.165) is 38.6 Å². The molecule has 1 unspecified atom stereocenters. The molecule has 7 heteroatoms. The number of hydrogen-bond donors (Lipinski definition) is 2. The van der Waals surface area contributed by atoms with Gasteiger partial charge in [-0.05, 0) is 24.7 Å². The molecule has 1 atom stereocenters. The van der Waals surface area contributed by atoms with Gasteiger partial charge in [0, 0.05) is 33.4 Å². The van der Waals surface area contributed by atoms with Crippen LogP contribution in [0.1, 0.15) is 26.7 Å². The zero-order valence-electron chi connectivity index (χ0n) is 13.4. The first-order valence-electron chi connectivity index (χ1n) is 7.65.